The number of pyridine rings is 1. The summed E-state index contributed by atoms with van der Waals surface area (Å²) in [6.45, 7) is 4.68. The summed E-state index contributed by atoms with van der Waals surface area (Å²) in [5, 5.41) is 0. The monoisotopic (exact) mass is 283 g/mol. The summed E-state index contributed by atoms with van der Waals surface area (Å²) in [6, 6.07) is 9.81. The van der Waals surface area contributed by atoms with Gasteiger partial charge in [0.1, 0.15) is 0 Å². The molecule has 0 unspecified atom stereocenters. The van der Waals surface area contributed by atoms with E-state index in [-0.39, 0.29) is 5.56 Å². The van der Waals surface area contributed by atoms with E-state index in [0.29, 0.717) is 12.2 Å². The Morgan fingerprint density at radius 1 is 1.19 bits per heavy atom. The number of nitrogen functional groups attached to an aromatic ring is 1. The first-order valence-corrected chi connectivity index (χ1v) is 7.44. The van der Waals surface area contributed by atoms with E-state index in [9.17, 15) is 4.79 Å². The van der Waals surface area contributed by atoms with Crippen molar-refractivity contribution in [2.24, 2.45) is 0 Å². The average molecular weight is 283 g/mol. The van der Waals surface area contributed by atoms with Gasteiger partial charge in [-0.3, -0.25) is 4.79 Å². The first kappa shape index (κ1) is 13.7. The van der Waals surface area contributed by atoms with Crippen LogP contribution in [0, 0.1) is 6.92 Å². The zero-order valence-corrected chi connectivity index (χ0v) is 12.4. The summed E-state index contributed by atoms with van der Waals surface area (Å²) in [7, 11) is 0. The summed E-state index contributed by atoms with van der Waals surface area (Å²) in [5.41, 5.74) is 10.4. The van der Waals surface area contributed by atoms with Gasteiger partial charge in [-0.15, -0.1) is 0 Å². The smallest absolute Gasteiger partial charge is 0.250 e. The number of nitrogens with zero attached hydrogens (tertiary/aromatic N) is 2. The zero-order chi connectivity index (χ0) is 14.8. The van der Waals surface area contributed by atoms with Crippen molar-refractivity contribution in [1.29, 1.82) is 0 Å². The van der Waals surface area contributed by atoms with E-state index >= 15 is 0 Å². The van der Waals surface area contributed by atoms with Crippen molar-refractivity contribution in [3.63, 3.8) is 0 Å². The van der Waals surface area contributed by atoms with Gasteiger partial charge in [-0.2, -0.15) is 0 Å². The molecule has 0 fully saturated rings. The first-order chi connectivity index (χ1) is 10.1. The lowest BCUT2D eigenvalue weighted by Gasteiger charge is -2.31. The molecule has 4 nitrogen and oxygen atoms in total. The Labute approximate surface area is 124 Å². The number of nitrogens with two attached hydrogens (primary N) is 1. The molecule has 0 saturated heterocycles. The topological polar surface area (TPSA) is 51.3 Å². The molecule has 2 heterocycles. The first-order valence-electron chi connectivity index (χ1n) is 7.44. The number of fused-ring (bicyclic) bond motifs is 1. The van der Waals surface area contributed by atoms with E-state index in [2.05, 4.69) is 30.0 Å². The average Bonchev–Trinajstić information content (AvgIpc) is 2.47. The standard InChI is InChI=1S/C17H21N3O/c1-13-4-6-16-14(11-13)3-2-8-19(16)9-10-20-12-15(18)5-7-17(20)21/h4-7,11-12H,2-3,8-10,18H2,1H3. The quantitative estimate of drug-likeness (QED) is 0.939. The fourth-order valence-electron chi connectivity index (χ4n) is 2.99. The molecule has 1 aromatic carbocycles. The van der Waals surface area contributed by atoms with E-state index in [4.69, 9.17) is 5.73 Å². The Balaban J connectivity index is 1.78. The lowest BCUT2D eigenvalue weighted by Crippen LogP contribution is -2.34. The van der Waals surface area contributed by atoms with Crippen LogP contribution < -0.4 is 16.2 Å². The molecule has 0 atom stereocenters. The Morgan fingerprint density at radius 3 is 2.90 bits per heavy atom. The fraction of sp³-hybridized carbons (Fsp3) is 0.353. The van der Waals surface area contributed by atoms with E-state index in [1.807, 2.05) is 0 Å². The van der Waals surface area contributed by atoms with Crippen LogP contribution in [0.5, 0.6) is 0 Å². The second kappa shape index (κ2) is 5.64. The van der Waals surface area contributed by atoms with Gasteiger partial charge in [0.2, 0.25) is 0 Å². The highest BCUT2D eigenvalue weighted by Crippen LogP contribution is 2.27. The van der Waals surface area contributed by atoms with Crippen LogP contribution in [0.1, 0.15) is 17.5 Å². The van der Waals surface area contributed by atoms with Crippen LogP contribution in [-0.4, -0.2) is 17.7 Å². The molecule has 0 radical (unpaired) electrons. The van der Waals surface area contributed by atoms with E-state index in [0.717, 1.165) is 19.5 Å². The molecule has 2 N–H and O–H groups in total. The lowest BCUT2D eigenvalue weighted by atomic mass is 10.00. The van der Waals surface area contributed by atoms with Crippen LogP contribution in [-0.2, 0) is 13.0 Å². The van der Waals surface area contributed by atoms with E-state index in [1.54, 1.807) is 16.8 Å². The van der Waals surface area contributed by atoms with Gasteiger partial charge >= 0.3 is 0 Å². The molecular formula is C17H21N3O. The fourth-order valence-corrected chi connectivity index (χ4v) is 2.99. The molecule has 3 rings (SSSR count). The summed E-state index contributed by atoms with van der Waals surface area (Å²) in [4.78, 5) is 14.2. The maximum absolute atomic E-state index is 11.8. The van der Waals surface area contributed by atoms with Crippen LogP contribution in [0.25, 0.3) is 0 Å². The molecule has 21 heavy (non-hydrogen) atoms. The van der Waals surface area contributed by atoms with Crippen molar-refractivity contribution in [2.75, 3.05) is 23.7 Å². The van der Waals surface area contributed by atoms with Gasteiger partial charge in [0, 0.05) is 43.3 Å². The Kier molecular flexibility index (Phi) is 3.69. The third kappa shape index (κ3) is 2.94. The van der Waals surface area contributed by atoms with Crippen molar-refractivity contribution in [3.8, 4) is 0 Å². The van der Waals surface area contributed by atoms with Gasteiger partial charge in [0.05, 0.1) is 0 Å². The molecule has 0 saturated carbocycles. The van der Waals surface area contributed by atoms with Gasteiger partial charge in [-0.25, -0.2) is 0 Å². The van der Waals surface area contributed by atoms with Gasteiger partial charge in [0.25, 0.3) is 5.56 Å². The van der Waals surface area contributed by atoms with Crippen molar-refractivity contribution in [2.45, 2.75) is 26.3 Å². The highest BCUT2D eigenvalue weighted by molar-refractivity contribution is 5.56. The number of aryl methyl sites for hydroxylation is 2. The third-order valence-corrected chi connectivity index (χ3v) is 4.07. The molecule has 0 bridgehead atoms. The van der Waals surface area contributed by atoms with E-state index in [1.165, 1.54) is 29.3 Å². The lowest BCUT2D eigenvalue weighted by molar-refractivity contribution is 0.611. The molecule has 2 aromatic rings. The highest BCUT2D eigenvalue weighted by Gasteiger charge is 2.16. The maximum atomic E-state index is 11.8. The van der Waals surface area contributed by atoms with Gasteiger partial charge in [-0.1, -0.05) is 17.7 Å². The van der Waals surface area contributed by atoms with Crippen LogP contribution in [0.3, 0.4) is 0 Å². The minimum absolute atomic E-state index is 0.00494. The second-order valence-corrected chi connectivity index (χ2v) is 5.72. The van der Waals surface area contributed by atoms with Crippen LogP contribution in [0.2, 0.25) is 0 Å². The predicted molar refractivity (Wildman–Crippen MR) is 86.8 cm³/mol. The maximum Gasteiger partial charge on any atom is 0.250 e. The van der Waals surface area contributed by atoms with Gasteiger partial charge in [-0.05, 0) is 37.5 Å². The van der Waals surface area contributed by atoms with Gasteiger partial charge < -0.3 is 15.2 Å². The van der Waals surface area contributed by atoms with Crippen molar-refractivity contribution in [1.82, 2.24) is 4.57 Å². The Bertz CT molecular complexity index is 705. The van der Waals surface area contributed by atoms with Gasteiger partial charge in [0.15, 0.2) is 0 Å². The zero-order valence-electron chi connectivity index (χ0n) is 12.4. The molecular weight excluding hydrogens is 262 g/mol. The third-order valence-electron chi connectivity index (χ3n) is 4.07. The number of hydrogen-bond acceptors (Lipinski definition) is 3. The molecule has 0 amide bonds. The normalized spacial score (nSPS) is 14.0. The molecule has 4 heteroatoms. The summed E-state index contributed by atoms with van der Waals surface area (Å²) in [5.74, 6) is 0. The van der Waals surface area contributed by atoms with E-state index < -0.39 is 0 Å². The number of benzene rings is 1. The summed E-state index contributed by atoms with van der Waals surface area (Å²) in [6.07, 6.45) is 4.04. The molecule has 1 aromatic heterocycles. The number of rotatable bonds is 3. The van der Waals surface area contributed by atoms with Crippen LogP contribution in [0.15, 0.2) is 41.3 Å². The van der Waals surface area contributed by atoms with Crippen LogP contribution >= 0.6 is 0 Å². The van der Waals surface area contributed by atoms with Crippen molar-refractivity contribution >= 4 is 11.4 Å². The van der Waals surface area contributed by atoms with Crippen molar-refractivity contribution in [3.05, 3.63) is 58.0 Å². The number of hydrogen-bond donors (Lipinski definition) is 1. The minimum atomic E-state index is 0.00494. The van der Waals surface area contributed by atoms with Crippen molar-refractivity contribution < 1.29 is 0 Å². The molecule has 0 aliphatic carbocycles. The molecule has 110 valence electrons. The summed E-state index contributed by atoms with van der Waals surface area (Å²) < 4.78 is 1.69. The highest BCUT2D eigenvalue weighted by atomic mass is 16.1. The summed E-state index contributed by atoms with van der Waals surface area (Å²) >= 11 is 0. The van der Waals surface area contributed by atoms with Crippen LogP contribution in [0.4, 0.5) is 11.4 Å². The second-order valence-electron chi connectivity index (χ2n) is 5.72. The molecule has 1 aliphatic rings. The Hall–Kier alpha value is -2.23. The minimum Gasteiger partial charge on any atom is -0.398 e. The molecule has 1 aliphatic heterocycles. The number of aromatic nitrogens is 1. The predicted octanol–water partition coefficient (Wildman–Crippen LogP) is 2.19. The largest absolute Gasteiger partial charge is 0.398 e. The molecule has 0 spiro atoms. The Morgan fingerprint density at radius 2 is 2.05 bits per heavy atom. The number of anilines is 2. The SMILES string of the molecule is Cc1ccc2c(c1)CCCN2CCn1cc(N)ccc1=O.